The first-order chi connectivity index (χ1) is 16.6. The summed E-state index contributed by atoms with van der Waals surface area (Å²) >= 11 is 10.3. The molecule has 0 saturated heterocycles. The number of nitrogens with two attached hydrogens (primary N) is 1. The lowest BCUT2D eigenvalue weighted by Gasteiger charge is -2.16. The zero-order chi connectivity index (χ0) is 25.7. The molecule has 1 heterocycles. The van der Waals surface area contributed by atoms with E-state index in [1.807, 2.05) is 56.3 Å². The van der Waals surface area contributed by atoms with Crippen LogP contribution in [-0.2, 0) is 11.2 Å². The van der Waals surface area contributed by atoms with Crippen LogP contribution in [0.3, 0.4) is 0 Å². The summed E-state index contributed by atoms with van der Waals surface area (Å²) in [5, 5.41) is 6.17. The highest BCUT2D eigenvalue weighted by Crippen LogP contribution is 2.34. The van der Waals surface area contributed by atoms with E-state index in [9.17, 15) is 9.59 Å². The minimum Gasteiger partial charge on any atom is -0.483 e. The van der Waals surface area contributed by atoms with Crippen molar-refractivity contribution in [2.75, 3.05) is 11.9 Å². The van der Waals surface area contributed by atoms with Crippen molar-refractivity contribution < 1.29 is 14.3 Å². The van der Waals surface area contributed by atoms with Gasteiger partial charge >= 0.3 is 0 Å². The quantitative estimate of drug-likeness (QED) is 0.295. The maximum Gasteiger partial charge on any atom is 0.264 e. The Morgan fingerprint density at radius 2 is 1.86 bits per heavy atom. The average molecular weight is 575 g/mol. The fourth-order valence-electron chi connectivity index (χ4n) is 3.58. The molecule has 0 radical (unpaired) electrons. The van der Waals surface area contributed by atoms with E-state index in [2.05, 4.69) is 40.4 Å². The van der Waals surface area contributed by atoms with Crippen molar-refractivity contribution in [2.24, 2.45) is 5.73 Å². The van der Waals surface area contributed by atoms with Gasteiger partial charge < -0.3 is 15.8 Å². The average Bonchev–Trinajstić information content (AvgIpc) is 3.09. The highest BCUT2D eigenvalue weighted by molar-refractivity contribution is 9.10. The Bertz CT molecular complexity index is 1260. The fraction of sp³-hybridized carbons (Fsp3) is 0.269. The number of thiocarbonyl (C=S) groups is 1. The first-order valence-electron chi connectivity index (χ1n) is 11.1. The van der Waals surface area contributed by atoms with Gasteiger partial charge in [0.25, 0.3) is 11.8 Å². The van der Waals surface area contributed by atoms with E-state index in [0.29, 0.717) is 22.7 Å². The van der Waals surface area contributed by atoms with E-state index in [-0.39, 0.29) is 17.6 Å². The summed E-state index contributed by atoms with van der Waals surface area (Å²) in [4.78, 5) is 25.7. The van der Waals surface area contributed by atoms with Crippen LogP contribution in [0.5, 0.6) is 5.75 Å². The summed E-state index contributed by atoms with van der Waals surface area (Å²) in [7, 11) is 0. The van der Waals surface area contributed by atoms with E-state index in [0.717, 1.165) is 31.6 Å². The van der Waals surface area contributed by atoms with E-state index in [1.165, 1.54) is 11.3 Å². The maximum atomic E-state index is 12.5. The van der Waals surface area contributed by atoms with Gasteiger partial charge in [0.05, 0.1) is 5.56 Å². The second-order valence-corrected chi connectivity index (χ2v) is 10.8. The number of halogens is 1. The molecule has 0 aliphatic rings. The van der Waals surface area contributed by atoms with Crippen LogP contribution in [0.25, 0.3) is 0 Å². The molecular formula is C26H28BrN3O3S2. The number of benzene rings is 2. The molecule has 35 heavy (non-hydrogen) atoms. The van der Waals surface area contributed by atoms with Crippen LogP contribution < -0.4 is 21.1 Å². The molecule has 0 spiro atoms. The molecular weight excluding hydrogens is 546 g/mol. The highest BCUT2D eigenvalue weighted by Gasteiger charge is 2.21. The minimum absolute atomic E-state index is 0.0738. The number of hydrogen-bond donors (Lipinski definition) is 3. The zero-order valence-corrected chi connectivity index (χ0v) is 23.2. The van der Waals surface area contributed by atoms with Gasteiger partial charge in [-0.2, -0.15) is 0 Å². The van der Waals surface area contributed by atoms with Crippen LogP contribution in [0.2, 0.25) is 0 Å². The zero-order valence-electron chi connectivity index (χ0n) is 20.0. The molecule has 9 heteroatoms. The fourth-order valence-corrected chi connectivity index (χ4v) is 5.47. The summed E-state index contributed by atoms with van der Waals surface area (Å²) in [6.07, 6.45) is 0.664. The van der Waals surface area contributed by atoms with E-state index < -0.39 is 11.8 Å². The molecule has 6 nitrogen and oxygen atoms in total. The Kier molecular flexibility index (Phi) is 9.04. The van der Waals surface area contributed by atoms with Crippen molar-refractivity contribution >= 4 is 61.4 Å². The standard InChI is InChI=1S/C26H28BrN3O3S2/c1-14(2)18-12-19(27)15(3)10-20(18)33-13-22(31)29-26(34)30-25-23(24(28)32)16(4)21(35-25)11-17-8-6-5-7-9-17/h5-10,12,14H,11,13H2,1-4H3,(H2,28,32)(H2,29,30,31,34). The summed E-state index contributed by atoms with van der Waals surface area (Å²) in [5.74, 6) is -0.0710. The lowest BCUT2D eigenvalue weighted by atomic mass is 10.0. The third-order valence-corrected chi connectivity index (χ3v) is 7.72. The number of thiophene rings is 1. The highest BCUT2D eigenvalue weighted by atomic mass is 79.9. The molecule has 3 rings (SSSR count). The van der Waals surface area contributed by atoms with Crippen LogP contribution in [0.1, 0.15) is 57.3 Å². The molecule has 184 valence electrons. The van der Waals surface area contributed by atoms with E-state index >= 15 is 0 Å². The molecule has 2 amide bonds. The first-order valence-corrected chi connectivity index (χ1v) is 13.1. The van der Waals surface area contributed by atoms with Gasteiger partial charge in [0.2, 0.25) is 0 Å². The smallest absolute Gasteiger partial charge is 0.264 e. The van der Waals surface area contributed by atoms with Crippen molar-refractivity contribution in [3.05, 3.63) is 79.6 Å². The number of aryl methyl sites for hydroxylation is 1. The normalized spacial score (nSPS) is 10.8. The topological polar surface area (TPSA) is 93.4 Å². The van der Waals surface area contributed by atoms with Crippen molar-refractivity contribution in [1.29, 1.82) is 0 Å². The largest absolute Gasteiger partial charge is 0.483 e. The second-order valence-electron chi connectivity index (χ2n) is 8.47. The maximum absolute atomic E-state index is 12.5. The molecule has 0 atom stereocenters. The number of anilines is 1. The van der Waals surface area contributed by atoms with Gasteiger partial charge in [0, 0.05) is 15.8 Å². The van der Waals surface area contributed by atoms with Gasteiger partial charge in [0.1, 0.15) is 10.8 Å². The van der Waals surface area contributed by atoms with Gasteiger partial charge in [-0.15, -0.1) is 11.3 Å². The van der Waals surface area contributed by atoms with E-state index in [4.69, 9.17) is 22.7 Å². The summed E-state index contributed by atoms with van der Waals surface area (Å²) in [5.41, 5.74) is 9.96. The molecule has 1 aromatic heterocycles. The van der Waals surface area contributed by atoms with Crippen molar-refractivity contribution in [3.8, 4) is 5.75 Å². The SMILES string of the molecule is Cc1cc(OCC(=O)NC(=S)Nc2sc(Cc3ccccc3)c(C)c2C(N)=O)c(C(C)C)cc1Br. The summed E-state index contributed by atoms with van der Waals surface area (Å²) < 4.78 is 6.80. The lowest BCUT2D eigenvalue weighted by Crippen LogP contribution is -2.37. The Balaban J connectivity index is 1.67. The predicted octanol–water partition coefficient (Wildman–Crippen LogP) is 5.83. The Labute approximate surface area is 223 Å². The summed E-state index contributed by atoms with van der Waals surface area (Å²) in [6.45, 7) is 7.75. The van der Waals surface area contributed by atoms with Crippen LogP contribution in [0, 0.1) is 13.8 Å². The van der Waals surface area contributed by atoms with Crippen molar-refractivity contribution in [3.63, 3.8) is 0 Å². The second kappa shape index (κ2) is 11.8. The number of amides is 2. The molecule has 4 N–H and O–H groups in total. The first kappa shape index (κ1) is 26.8. The van der Waals surface area contributed by atoms with Gasteiger partial charge in [0.15, 0.2) is 11.7 Å². The van der Waals surface area contributed by atoms with Gasteiger partial charge in [-0.3, -0.25) is 14.9 Å². The van der Waals surface area contributed by atoms with Gasteiger partial charge in [-0.25, -0.2) is 0 Å². The predicted molar refractivity (Wildman–Crippen MR) is 150 cm³/mol. The van der Waals surface area contributed by atoms with E-state index in [1.54, 1.807) is 0 Å². The number of primary amides is 1. The van der Waals surface area contributed by atoms with Gasteiger partial charge in [-0.1, -0.05) is 60.1 Å². The van der Waals surface area contributed by atoms with Gasteiger partial charge in [-0.05, 0) is 66.4 Å². The molecule has 0 aliphatic heterocycles. The van der Waals surface area contributed by atoms with Crippen LogP contribution in [0.4, 0.5) is 5.00 Å². The monoisotopic (exact) mass is 573 g/mol. The molecule has 2 aromatic carbocycles. The van der Waals surface area contributed by atoms with Crippen LogP contribution >= 0.6 is 39.5 Å². The summed E-state index contributed by atoms with van der Waals surface area (Å²) in [6, 6.07) is 13.9. The minimum atomic E-state index is -0.551. The number of hydrogen-bond acceptors (Lipinski definition) is 5. The van der Waals surface area contributed by atoms with Crippen LogP contribution in [-0.4, -0.2) is 23.5 Å². The number of nitrogens with one attached hydrogen (secondary N) is 2. The Hall–Kier alpha value is -2.75. The molecule has 0 bridgehead atoms. The molecule has 0 fully saturated rings. The third-order valence-electron chi connectivity index (χ3n) is 5.45. The number of carbonyl (C=O) groups excluding carboxylic acids is 2. The number of ether oxygens (including phenoxy) is 1. The van der Waals surface area contributed by atoms with Crippen molar-refractivity contribution in [2.45, 2.75) is 40.0 Å². The molecule has 3 aromatic rings. The number of carbonyl (C=O) groups is 2. The molecule has 0 saturated carbocycles. The van der Waals surface area contributed by atoms with Crippen molar-refractivity contribution in [1.82, 2.24) is 5.32 Å². The molecule has 0 unspecified atom stereocenters. The Morgan fingerprint density at radius 3 is 2.49 bits per heavy atom. The molecule has 0 aliphatic carbocycles. The third kappa shape index (κ3) is 6.90. The number of rotatable bonds is 8. The van der Waals surface area contributed by atoms with Crippen LogP contribution in [0.15, 0.2) is 46.9 Å². The lowest BCUT2D eigenvalue weighted by molar-refractivity contribution is -0.121. The Morgan fingerprint density at radius 1 is 1.17 bits per heavy atom.